The Labute approximate surface area is 461 Å². The van der Waals surface area contributed by atoms with E-state index in [9.17, 15) is 19.0 Å². The maximum absolute atomic E-state index is 13.5. The largest absolute Gasteiger partial charge is 0.756 e. The van der Waals surface area contributed by atoms with Crippen LogP contribution in [0.1, 0.15) is 226 Å². The number of carbonyl (C=O) groups is 2. The fourth-order valence-corrected chi connectivity index (χ4v) is 8.55. The van der Waals surface area contributed by atoms with Crippen LogP contribution in [0.15, 0.2) is 122 Å². The van der Waals surface area contributed by atoms with Gasteiger partial charge in [0.25, 0.3) is 7.82 Å². The fraction of sp³-hybridized carbons (Fsp3) is 0.662. The SMILES string of the molecule is CC/C=C\C/C=C\C/C=C\C/C=C\C/C=C\CCCCCCCC(=O)OC(/C=C/CCCCCCCCCCCC)C(COP(=O)([O-])OCC[N+](C)(C)C)NC(=O)CCCCC/C=C/C/C=C/C/C=C/C/C=C/CC. The number of rotatable bonds is 52. The number of carbonyl (C=O) groups excluding carboxylic acids is 2. The second-order valence-electron chi connectivity index (χ2n) is 20.7. The van der Waals surface area contributed by atoms with Gasteiger partial charge in [-0.2, -0.15) is 0 Å². The third-order valence-electron chi connectivity index (χ3n) is 12.4. The van der Waals surface area contributed by atoms with Crippen LogP contribution in [-0.4, -0.2) is 69.4 Å². The van der Waals surface area contributed by atoms with E-state index in [0.717, 1.165) is 128 Å². The monoisotopic (exact) mass is 1060 g/mol. The lowest BCUT2D eigenvalue weighted by Gasteiger charge is -2.30. The van der Waals surface area contributed by atoms with Crippen molar-refractivity contribution in [1.82, 2.24) is 5.32 Å². The van der Waals surface area contributed by atoms with E-state index >= 15 is 0 Å². The van der Waals surface area contributed by atoms with Gasteiger partial charge in [-0.15, -0.1) is 0 Å². The van der Waals surface area contributed by atoms with Gasteiger partial charge in [-0.05, 0) is 115 Å². The van der Waals surface area contributed by atoms with E-state index in [4.69, 9.17) is 13.8 Å². The zero-order valence-electron chi connectivity index (χ0n) is 48.7. The number of phosphoric ester groups is 1. The Kier molecular flexibility index (Phi) is 51.2. The highest BCUT2D eigenvalue weighted by Crippen LogP contribution is 2.38. The number of allylic oxidation sites excluding steroid dienone is 19. The highest BCUT2D eigenvalue weighted by atomic mass is 31.2. The second kappa shape index (κ2) is 53.8. The van der Waals surface area contributed by atoms with E-state index in [0.29, 0.717) is 23.9 Å². The third kappa shape index (κ3) is 55.0. The minimum absolute atomic E-state index is 0.0389. The lowest BCUT2D eigenvalue weighted by atomic mass is 10.1. The van der Waals surface area contributed by atoms with Crippen LogP contribution >= 0.6 is 7.82 Å². The first-order valence-corrected chi connectivity index (χ1v) is 31.3. The minimum Gasteiger partial charge on any atom is -0.756 e. The van der Waals surface area contributed by atoms with E-state index in [-0.39, 0.29) is 31.3 Å². The van der Waals surface area contributed by atoms with Gasteiger partial charge in [0.05, 0.1) is 33.8 Å². The van der Waals surface area contributed by atoms with Crippen LogP contribution in [0.3, 0.4) is 0 Å². The fourth-order valence-electron chi connectivity index (χ4n) is 7.83. The van der Waals surface area contributed by atoms with E-state index < -0.39 is 26.6 Å². The van der Waals surface area contributed by atoms with Gasteiger partial charge < -0.3 is 28.5 Å². The van der Waals surface area contributed by atoms with Crippen molar-refractivity contribution in [3.05, 3.63) is 122 Å². The molecule has 0 saturated heterocycles. The molecule has 9 nitrogen and oxygen atoms in total. The van der Waals surface area contributed by atoms with Gasteiger partial charge in [0.2, 0.25) is 5.91 Å². The Morgan fingerprint density at radius 1 is 0.480 bits per heavy atom. The van der Waals surface area contributed by atoms with E-state index in [2.05, 4.69) is 135 Å². The van der Waals surface area contributed by atoms with Crippen LogP contribution in [0.2, 0.25) is 0 Å². The maximum Gasteiger partial charge on any atom is 0.306 e. The van der Waals surface area contributed by atoms with E-state index in [1.807, 2.05) is 33.3 Å². The molecule has 0 aromatic carbocycles. The molecule has 0 fully saturated rings. The van der Waals surface area contributed by atoms with Crippen LogP contribution in [0.25, 0.3) is 0 Å². The minimum atomic E-state index is -4.72. The first-order chi connectivity index (χ1) is 36.4. The van der Waals surface area contributed by atoms with Gasteiger partial charge in [-0.3, -0.25) is 14.2 Å². The summed E-state index contributed by atoms with van der Waals surface area (Å²) in [7, 11) is 1.13. The standard InChI is InChI=1S/C65H111N2O7P/c1-7-10-13-16-19-22-25-28-30-32-33-34-35-36-38-40-43-46-49-52-55-58-65(69)74-63(56-53-50-47-44-41-27-24-21-18-15-12-9-3)62(61-73-75(70,71)72-60-59-67(4,5)6)66-64(68)57-54-51-48-45-42-39-37-31-29-26-23-20-17-14-11-8-2/h10-11,13-14,19-20,22-23,28-31,33-34,36,38-39,42,53,56,62-63H,7-9,12,15-18,21,24-27,32,35,37,40-41,43-52,54-55,57-61H2,1-6H3,(H-,66,68,70,71)/b13-10-,14-11+,22-19-,23-20+,30-28-,31-29+,34-33-,38-36-,42-39+,56-53+. The zero-order valence-corrected chi connectivity index (χ0v) is 49.6. The van der Waals surface area contributed by atoms with Crippen LogP contribution < -0.4 is 10.2 Å². The molecule has 0 heterocycles. The molecule has 0 radical (unpaired) electrons. The molecule has 0 aliphatic carbocycles. The molecule has 0 aliphatic rings. The summed E-state index contributed by atoms with van der Waals surface area (Å²) >= 11 is 0. The predicted molar refractivity (Wildman–Crippen MR) is 320 cm³/mol. The number of ether oxygens (including phenoxy) is 1. The maximum atomic E-state index is 13.5. The molecule has 0 saturated carbocycles. The van der Waals surface area contributed by atoms with Crippen LogP contribution in [0.4, 0.5) is 0 Å². The molecule has 3 unspecified atom stereocenters. The lowest BCUT2D eigenvalue weighted by molar-refractivity contribution is -0.870. The molecule has 428 valence electrons. The van der Waals surface area contributed by atoms with Crippen molar-refractivity contribution in [2.75, 3.05) is 40.9 Å². The van der Waals surface area contributed by atoms with Crippen molar-refractivity contribution in [2.45, 2.75) is 238 Å². The summed E-state index contributed by atoms with van der Waals surface area (Å²) in [5, 5.41) is 3.00. The van der Waals surface area contributed by atoms with Crippen molar-refractivity contribution in [1.29, 1.82) is 0 Å². The molecular weight excluding hydrogens is 952 g/mol. The number of hydrogen-bond donors (Lipinski definition) is 1. The summed E-state index contributed by atoms with van der Waals surface area (Å²) in [6.07, 6.45) is 74.5. The number of amides is 1. The molecule has 0 aromatic heterocycles. The zero-order chi connectivity index (χ0) is 55.0. The van der Waals surface area contributed by atoms with Gasteiger partial charge in [0.15, 0.2) is 0 Å². The number of unbranched alkanes of at least 4 members (excludes halogenated alkanes) is 18. The van der Waals surface area contributed by atoms with Crippen molar-refractivity contribution in [3.8, 4) is 0 Å². The van der Waals surface area contributed by atoms with Gasteiger partial charge in [-0.25, -0.2) is 0 Å². The van der Waals surface area contributed by atoms with Gasteiger partial charge in [0, 0.05) is 12.8 Å². The molecule has 0 spiro atoms. The quantitative estimate of drug-likeness (QED) is 0.0212. The second-order valence-corrected chi connectivity index (χ2v) is 22.1. The highest BCUT2D eigenvalue weighted by Gasteiger charge is 2.27. The number of quaternary nitrogens is 1. The average Bonchev–Trinajstić information content (AvgIpc) is 3.37. The molecule has 1 N–H and O–H groups in total. The Morgan fingerprint density at radius 2 is 0.853 bits per heavy atom. The number of phosphoric acid groups is 1. The predicted octanol–water partition coefficient (Wildman–Crippen LogP) is 17.7. The molecule has 10 heteroatoms. The number of hydrogen-bond acceptors (Lipinski definition) is 7. The Morgan fingerprint density at radius 3 is 1.29 bits per heavy atom. The number of nitrogens with zero attached hydrogens (tertiary/aromatic N) is 1. The van der Waals surface area contributed by atoms with Crippen molar-refractivity contribution >= 4 is 19.7 Å². The smallest absolute Gasteiger partial charge is 0.306 e. The van der Waals surface area contributed by atoms with Crippen molar-refractivity contribution in [3.63, 3.8) is 0 Å². The molecule has 0 rings (SSSR count). The molecule has 1 amide bonds. The Hall–Kier alpha value is -3.59. The van der Waals surface area contributed by atoms with Gasteiger partial charge >= 0.3 is 5.97 Å². The highest BCUT2D eigenvalue weighted by molar-refractivity contribution is 7.45. The molecule has 0 aliphatic heterocycles. The summed E-state index contributed by atoms with van der Waals surface area (Å²) in [5.74, 6) is -0.609. The van der Waals surface area contributed by atoms with Gasteiger partial charge in [0.1, 0.15) is 19.3 Å². The van der Waals surface area contributed by atoms with Crippen molar-refractivity contribution < 1.29 is 37.3 Å². The Balaban J connectivity index is 5.39. The molecule has 75 heavy (non-hydrogen) atoms. The molecular formula is C65H111N2O7P. The van der Waals surface area contributed by atoms with Crippen LogP contribution in [0.5, 0.6) is 0 Å². The number of likely N-dealkylation sites (N-methyl/N-ethyl adjacent to an activating group) is 1. The average molecular weight is 1060 g/mol. The molecule has 3 atom stereocenters. The van der Waals surface area contributed by atoms with Crippen molar-refractivity contribution in [2.24, 2.45) is 0 Å². The Bertz CT molecular complexity index is 1700. The summed E-state index contributed by atoms with van der Waals surface area (Å²) in [6.45, 7) is 6.55. The van der Waals surface area contributed by atoms with E-state index in [1.54, 1.807) is 0 Å². The molecule has 0 aromatic rings. The normalized spacial score (nSPS) is 14.6. The van der Waals surface area contributed by atoms with E-state index in [1.165, 1.54) is 51.4 Å². The first-order valence-electron chi connectivity index (χ1n) is 29.8. The summed E-state index contributed by atoms with van der Waals surface area (Å²) in [5.41, 5.74) is 0. The summed E-state index contributed by atoms with van der Waals surface area (Å²) in [4.78, 5) is 39.9. The van der Waals surface area contributed by atoms with Gasteiger partial charge in [-0.1, -0.05) is 220 Å². The third-order valence-corrected chi connectivity index (χ3v) is 13.4. The topological polar surface area (TPSA) is 114 Å². The summed E-state index contributed by atoms with van der Waals surface area (Å²) in [6, 6.07) is -0.921. The van der Waals surface area contributed by atoms with Crippen LogP contribution in [0, 0.1) is 0 Å². The first kappa shape index (κ1) is 71.4. The summed E-state index contributed by atoms with van der Waals surface area (Å²) < 4.78 is 30.2. The van der Waals surface area contributed by atoms with Crippen LogP contribution in [-0.2, 0) is 27.9 Å². The molecule has 0 bridgehead atoms. The lowest BCUT2D eigenvalue weighted by Crippen LogP contribution is -2.47. The number of nitrogens with one attached hydrogen (secondary N) is 1. The number of esters is 1.